The van der Waals surface area contributed by atoms with E-state index in [1.165, 1.54) is 6.07 Å². The molecule has 0 bridgehead atoms. The number of ether oxygens (including phenoxy) is 2. The number of amides is 2. The molecule has 0 aliphatic heterocycles. The summed E-state index contributed by atoms with van der Waals surface area (Å²) in [5.74, 6) is -3.24. The lowest BCUT2D eigenvalue weighted by Crippen LogP contribution is -2.56. The van der Waals surface area contributed by atoms with Crippen molar-refractivity contribution in [3.8, 4) is 11.5 Å². The van der Waals surface area contributed by atoms with Crippen molar-refractivity contribution in [2.75, 3.05) is 6.61 Å². The molecule has 0 radical (unpaired) electrons. The van der Waals surface area contributed by atoms with Gasteiger partial charge in [-0.15, -0.1) is 0 Å². The summed E-state index contributed by atoms with van der Waals surface area (Å²) in [7, 11) is 0. The number of hydrogen-bond donors (Lipinski definition) is 3. The fraction of sp³-hybridized carbons (Fsp3) is 0.400. The largest absolute Gasteiger partial charge is 0.479 e. The van der Waals surface area contributed by atoms with Gasteiger partial charge in [-0.2, -0.15) is 0 Å². The molecule has 0 spiro atoms. The Morgan fingerprint density at radius 2 is 1.55 bits per heavy atom. The maximum Gasteiger partial charge on any atom is 0.333 e. The fourth-order valence-electron chi connectivity index (χ4n) is 4.93. The molecule has 0 unspecified atom stereocenters. The molecule has 3 N–H and O–H groups in total. The zero-order chi connectivity index (χ0) is 32.3. The van der Waals surface area contributed by atoms with Crippen LogP contribution in [0.2, 0.25) is 0 Å². The number of carbonyl (C=O) groups is 3. The third-order valence-corrected chi connectivity index (χ3v) is 7.31. The number of halogens is 1. The van der Waals surface area contributed by atoms with E-state index < -0.39 is 41.2 Å². The first kappa shape index (κ1) is 34.3. The summed E-state index contributed by atoms with van der Waals surface area (Å²) in [5, 5.41) is 15.7. The van der Waals surface area contributed by atoms with Crippen LogP contribution >= 0.6 is 0 Å². The standard InChI is InChI=1S/C35H43FN2O6/c1-6-43-30(34(41)42)27(19-13-14-24-20-21-29(28(36)22-24)44-26-17-11-8-12-18-26)32(39)38-31(35(3,4)5)33(40)37-23(2)25-15-9-7-10-16-25/h7-12,15-18,20-23,27,30-31H,6,13-14,19H2,1-5H3,(H,37,40)(H,38,39)(H,41,42)/t23-,27-,30+,31-/m1/s1. The van der Waals surface area contributed by atoms with Gasteiger partial charge in [0, 0.05) is 6.61 Å². The van der Waals surface area contributed by atoms with Crippen LogP contribution in [0.15, 0.2) is 78.9 Å². The molecule has 0 aromatic heterocycles. The normalized spacial score (nSPS) is 14.1. The second kappa shape index (κ2) is 16.0. The SMILES string of the molecule is CCO[C@H](C(=O)O)[C@@H](CCCc1ccc(Oc2ccccc2)c(F)c1)C(=O)N[C@H](C(=O)N[C@H](C)c1ccccc1)C(C)(C)C. The van der Waals surface area contributed by atoms with Gasteiger partial charge in [-0.05, 0) is 73.9 Å². The lowest BCUT2D eigenvalue weighted by molar-refractivity contribution is -0.158. The Hall–Kier alpha value is -4.24. The molecule has 4 atom stereocenters. The second-order valence-electron chi connectivity index (χ2n) is 11.8. The number of hydrogen-bond acceptors (Lipinski definition) is 5. The monoisotopic (exact) mass is 606 g/mol. The fourth-order valence-corrected chi connectivity index (χ4v) is 4.93. The van der Waals surface area contributed by atoms with E-state index in [2.05, 4.69) is 10.6 Å². The maximum atomic E-state index is 14.8. The van der Waals surface area contributed by atoms with Crippen molar-refractivity contribution in [2.45, 2.75) is 72.1 Å². The van der Waals surface area contributed by atoms with Gasteiger partial charge in [0.15, 0.2) is 17.7 Å². The molecule has 0 heterocycles. The summed E-state index contributed by atoms with van der Waals surface area (Å²) in [5.41, 5.74) is 0.912. The molecule has 0 aliphatic carbocycles. The first-order valence-electron chi connectivity index (χ1n) is 14.9. The molecular formula is C35H43FN2O6. The first-order valence-corrected chi connectivity index (χ1v) is 14.9. The molecule has 3 aromatic rings. The highest BCUT2D eigenvalue weighted by Gasteiger charge is 2.39. The average molecular weight is 607 g/mol. The molecule has 8 nitrogen and oxygen atoms in total. The predicted molar refractivity (Wildman–Crippen MR) is 167 cm³/mol. The number of nitrogens with one attached hydrogen (secondary N) is 2. The van der Waals surface area contributed by atoms with Crippen molar-refractivity contribution in [1.82, 2.24) is 10.6 Å². The van der Waals surface area contributed by atoms with E-state index in [0.29, 0.717) is 24.2 Å². The number of aryl methyl sites for hydroxylation is 1. The van der Waals surface area contributed by atoms with E-state index in [0.717, 1.165) is 5.56 Å². The Labute approximate surface area is 259 Å². The van der Waals surface area contributed by atoms with Gasteiger partial charge in [-0.1, -0.05) is 75.4 Å². The Bertz CT molecular complexity index is 1380. The van der Waals surface area contributed by atoms with E-state index >= 15 is 0 Å². The van der Waals surface area contributed by atoms with Gasteiger partial charge >= 0.3 is 5.97 Å². The van der Waals surface area contributed by atoms with Crippen LogP contribution in [0.3, 0.4) is 0 Å². The van der Waals surface area contributed by atoms with Crippen molar-refractivity contribution in [3.63, 3.8) is 0 Å². The zero-order valence-electron chi connectivity index (χ0n) is 26.0. The van der Waals surface area contributed by atoms with E-state index in [1.54, 1.807) is 43.3 Å². The number of rotatable bonds is 15. The molecule has 236 valence electrons. The van der Waals surface area contributed by atoms with Crippen molar-refractivity contribution in [3.05, 3.63) is 95.8 Å². The molecule has 0 fully saturated rings. The minimum atomic E-state index is -1.41. The van der Waals surface area contributed by atoms with Gasteiger partial charge in [0.1, 0.15) is 11.8 Å². The highest BCUT2D eigenvalue weighted by Crippen LogP contribution is 2.27. The highest BCUT2D eigenvalue weighted by molar-refractivity contribution is 5.91. The molecule has 3 rings (SSSR count). The van der Waals surface area contributed by atoms with Gasteiger partial charge in [-0.3, -0.25) is 9.59 Å². The van der Waals surface area contributed by atoms with Crippen LogP contribution in [0.1, 0.15) is 64.6 Å². The minimum absolute atomic E-state index is 0.0899. The Morgan fingerprint density at radius 3 is 2.11 bits per heavy atom. The molecule has 2 amide bonds. The van der Waals surface area contributed by atoms with Gasteiger partial charge in [-0.25, -0.2) is 9.18 Å². The lowest BCUT2D eigenvalue weighted by Gasteiger charge is -2.33. The predicted octanol–water partition coefficient (Wildman–Crippen LogP) is 6.45. The summed E-state index contributed by atoms with van der Waals surface area (Å²) in [6.07, 6.45) is -0.496. The molecule has 0 saturated carbocycles. The minimum Gasteiger partial charge on any atom is -0.479 e. The molecule has 9 heteroatoms. The van der Waals surface area contributed by atoms with E-state index in [9.17, 15) is 23.9 Å². The molecule has 44 heavy (non-hydrogen) atoms. The van der Waals surface area contributed by atoms with Crippen LogP contribution in [0.25, 0.3) is 0 Å². The van der Waals surface area contributed by atoms with Crippen LogP contribution in [0.5, 0.6) is 11.5 Å². The Balaban J connectivity index is 1.72. The van der Waals surface area contributed by atoms with E-state index in [4.69, 9.17) is 9.47 Å². The number of carboxylic acids is 1. The van der Waals surface area contributed by atoms with Crippen LogP contribution in [0, 0.1) is 17.2 Å². The maximum absolute atomic E-state index is 14.8. The average Bonchev–Trinajstić information content (AvgIpc) is 2.98. The summed E-state index contributed by atoms with van der Waals surface area (Å²) in [6.45, 7) is 9.09. The Kier molecular flexibility index (Phi) is 12.5. The summed E-state index contributed by atoms with van der Waals surface area (Å²) < 4.78 is 25.9. The van der Waals surface area contributed by atoms with Crippen molar-refractivity contribution >= 4 is 17.8 Å². The summed E-state index contributed by atoms with van der Waals surface area (Å²) in [6, 6.07) is 21.8. The smallest absolute Gasteiger partial charge is 0.333 e. The molecule has 0 aliphatic rings. The third-order valence-electron chi connectivity index (χ3n) is 7.31. The quantitative estimate of drug-likeness (QED) is 0.183. The van der Waals surface area contributed by atoms with Crippen LogP contribution < -0.4 is 15.4 Å². The third kappa shape index (κ3) is 9.91. The number of para-hydroxylation sites is 1. The number of carbonyl (C=O) groups excluding carboxylic acids is 2. The van der Waals surface area contributed by atoms with E-state index in [-0.39, 0.29) is 30.7 Å². The Morgan fingerprint density at radius 1 is 0.909 bits per heavy atom. The topological polar surface area (TPSA) is 114 Å². The van der Waals surface area contributed by atoms with Crippen molar-refractivity contribution < 1.29 is 33.4 Å². The van der Waals surface area contributed by atoms with E-state index in [1.807, 2.05) is 64.1 Å². The van der Waals surface area contributed by atoms with Gasteiger partial charge in [0.25, 0.3) is 0 Å². The zero-order valence-corrected chi connectivity index (χ0v) is 26.0. The second-order valence-corrected chi connectivity index (χ2v) is 11.8. The summed E-state index contributed by atoms with van der Waals surface area (Å²) >= 11 is 0. The first-order chi connectivity index (χ1) is 20.9. The number of benzene rings is 3. The van der Waals surface area contributed by atoms with Crippen LogP contribution in [0.4, 0.5) is 4.39 Å². The number of aliphatic carboxylic acids is 1. The summed E-state index contributed by atoms with van der Waals surface area (Å²) in [4.78, 5) is 39.3. The van der Waals surface area contributed by atoms with Gasteiger partial charge in [0.05, 0.1) is 12.0 Å². The van der Waals surface area contributed by atoms with Crippen molar-refractivity contribution in [1.29, 1.82) is 0 Å². The van der Waals surface area contributed by atoms with Crippen LogP contribution in [-0.4, -0.2) is 41.6 Å². The molecule has 3 aromatic carbocycles. The lowest BCUT2D eigenvalue weighted by atomic mass is 9.84. The molecular weight excluding hydrogens is 563 g/mol. The van der Waals surface area contributed by atoms with Gasteiger partial charge in [0.2, 0.25) is 11.8 Å². The number of carboxylic acid groups (broad SMARTS) is 1. The molecule has 0 saturated heterocycles. The highest BCUT2D eigenvalue weighted by atomic mass is 19.1. The van der Waals surface area contributed by atoms with Crippen molar-refractivity contribution in [2.24, 2.45) is 11.3 Å². The van der Waals surface area contributed by atoms with Crippen LogP contribution in [-0.2, 0) is 25.5 Å². The van der Waals surface area contributed by atoms with Gasteiger partial charge < -0.3 is 25.2 Å².